The summed E-state index contributed by atoms with van der Waals surface area (Å²) in [5.41, 5.74) is 2.42. The molecule has 2 aromatic carbocycles. The Balaban J connectivity index is 1.26. The van der Waals surface area contributed by atoms with E-state index in [1.165, 1.54) is 16.3 Å². The Labute approximate surface area is 170 Å². The molecule has 1 aliphatic heterocycles. The average molecular weight is 381 g/mol. The second kappa shape index (κ2) is 7.87. The first-order valence-electron chi connectivity index (χ1n) is 10.1. The van der Waals surface area contributed by atoms with Crippen LogP contribution in [0.3, 0.4) is 0 Å². The van der Waals surface area contributed by atoms with E-state index < -0.39 is 0 Å². The number of nitrogens with zero attached hydrogens (tertiary/aromatic N) is 5. The third kappa shape index (κ3) is 3.76. The van der Waals surface area contributed by atoms with Crippen LogP contribution in [0, 0.1) is 0 Å². The van der Waals surface area contributed by atoms with Crippen molar-refractivity contribution in [2.45, 2.75) is 6.42 Å². The summed E-state index contributed by atoms with van der Waals surface area (Å²) in [6.07, 6.45) is 6.67. The Bertz CT molecular complexity index is 1080. The maximum atomic E-state index is 4.66. The number of benzene rings is 2. The fourth-order valence-electron chi connectivity index (χ4n) is 3.91. The Morgan fingerprint density at radius 1 is 0.655 bits per heavy atom. The van der Waals surface area contributed by atoms with Crippen LogP contribution < -0.4 is 9.80 Å². The lowest BCUT2D eigenvalue weighted by molar-refractivity contribution is 0.636. The van der Waals surface area contributed by atoms with E-state index in [1.807, 2.05) is 24.7 Å². The molecule has 0 saturated carbocycles. The van der Waals surface area contributed by atoms with E-state index in [9.17, 15) is 0 Å². The molecule has 0 N–H and O–H groups in total. The van der Waals surface area contributed by atoms with Crippen LogP contribution in [0.5, 0.6) is 0 Å². The zero-order valence-corrected chi connectivity index (χ0v) is 16.3. The first-order chi connectivity index (χ1) is 14.4. The third-order valence-electron chi connectivity index (χ3n) is 5.46. The molecule has 29 heavy (non-hydrogen) atoms. The van der Waals surface area contributed by atoms with Gasteiger partial charge in [-0.25, -0.2) is 15.0 Å². The molecular formula is C24H23N5. The Morgan fingerprint density at radius 2 is 1.34 bits per heavy atom. The summed E-state index contributed by atoms with van der Waals surface area (Å²) in [4.78, 5) is 18.5. The van der Waals surface area contributed by atoms with Crippen molar-refractivity contribution in [3.8, 4) is 0 Å². The molecule has 1 saturated heterocycles. The molecule has 4 aromatic rings. The molecule has 5 rings (SSSR count). The lowest BCUT2D eigenvalue weighted by Gasteiger charge is -2.35. The van der Waals surface area contributed by atoms with Crippen molar-refractivity contribution in [2.24, 2.45) is 0 Å². The van der Waals surface area contributed by atoms with E-state index in [4.69, 9.17) is 0 Å². The summed E-state index contributed by atoms with van der Waals surface area (Å²) in [5.74, 6) is 1.88. The number of piperazine rings is 1. The molecule has 0 radical (unpaired) electrons. The first kappa shape index (κ1) is 17.6. The molecular weight excluding hydrogens is 358 g/mol. The van der Waals surface area contributed by atoms with Crippen LogP contribution in [0.15, 0.2) is 79.3 Å². The van der Waals surface area contributed by atoms with Crippen LogP contribution in [0.1, 0.15) is 11.1 Å². The Kier molecular flexibility index (Phi) is 4.78. The van der Waals surface area contributed by atoms with Gasteiger partial charge in [-0.1, -0.05) is 54.6 Å². The van der Waals surface area contributed by atoms with Gasteiger partial charge >= 0.3 is 0 Å². The van der Waals surface area contributed by atoms with Gasteiger partial charge in [-0.05, 0) is 22.6 Å². The topological polar surface area (TPSA) is 45.2 Å². The predicted octanol–water partition coefficient (Wildman–Crippen LogP) is 3.94. The van der Waals surface area contributed by atoms with Crippen molar-refractivity contribution >= 4 is 22.5 Å². The fourth-order valence-corrected chi connectivity index (χ4v) is 3.91. The maximum absolute atomic E-state index is 4.66. The van der Waals surface area contributed by atoms with E-state index >= 15 is 0 Å². The lowest BCUT2D eigenvalue weighted by Crippen LogP contribution is -2.47. The van der Waals surface area contributed by atoms with E-state index in [1.54, 1.807) is 0 Å². The summed E-state index contributed by atoms with van der Waals surface area (Å²) in [7, 11) is 0. The minimum Gasteiger partial charge on any atom is -0.353 e. The zero-order chi connectivity index (χ0) is 19.5. The van der Waals surface area contributed by atoms with Gasteiger partial charge in [0.25, 0.3) is 0 Å². The molecule has 3 heterocycles. The van der Waals surface area contributed by atoms with Crippen LogP contribution in [0.25, 0.3) is 10.8 Å². The smallest absolute Gasteiger partial charge is 0.225 e. The number of anilines is 2. The highest BCUT2D eigenvalue weighted by molar-refractivity contribution is 5.92. The van der Waals surface area contributed by atoms with Gasteiger partial charge in [0.1, 0.15) is 5.82 Å². The molecule has 0 amide bonds. The van der Waals surface area contributed by atoms with Crippen molar-refractivity contribution in [1.29, 1.82) is 0 Å². The molecule has 5 heteroatoms. The van der Waals surface area contributed by atoms with Gasteiger partial charge in [-0.15, -0.1) is 0 Å². The molecule has 144 valence electrons. The van der Waals surface area contributed by atoms with E-state index in [2.05, 4.69) is 79.3 Å². The maximum Gasteiger partial charge on any atom is 0.225 e. The lowest BCUT2D eigenvalue weighted by atomic mass is 10.1. The standard InChI is InChI=1S/C24H23N5/c1-2-6-19(7-3-1)16-20-17-26-24(27-18-20)29-14-12-28(13-15-29)23-22-9-5-4-8-21(22)10-11-25-23/h1-11,17-18H,12-16H2. The van der Waals surface area contributed by atoms with Gasteiger partial charge < -0.3 is 9.80 Å². The second-order valence-electron chi connectivity index (χ2n) is 7.38. The van der Waals surface area contributed by atoms with Crippen molar-refractivity contribution in [2.75, 3.05) is 36.0 Å². The second-order valence-corrected chi connectivity index (χ2v) is 7.38. The summed E-state index contributed by atoms with van der Waals surface area (Å²) in [5, 5.41) is 2.45. The molecule has 5 nitrogen and oxygen atoms in total. The fraction of sp³-hybridized carbons (Fsp3) is 0.208. The van der Waals surface area contributed by atoms with Gasteiger partial charge in [-0.3, -0.25) is 0 Å². The third-order valence-corrected chi connectivity index (χ3v) is 5.46. The SMILES string of the molecule is c1ccc(Cc2cnc(N3CCN(c4nccc5ccccc45)CC3)nc2)cc1. The molecule has 1 fully saturated rings. The number of fused-ring (bicyclic) bond motifs is 1. The van der Waals surface area contributed by atoms with Crippen molar-refractivity contribution in [1.82, 2.24) is 15.0 Å². The van der Waals surface area contributed by atoms with Crippen LogP contribution >= 0.6 is 0 Å². The average Bonchev–Trinajstić information content (AvgIpc) is 2.80. The number of pyridine rings is 1. The van der Waals surface area contributed by atoms with Gasteiger partial charge in [0.05, 0.1) is 0 Å². The number of hydrogen-bond acceptors (Lipinski definition) is 5. The van der Waals surface area contributed by atoms with Gasteiger partial charge in [0, 0.05) is 56.6 Å². The summed E-state index contributed by atoms with van der Waals surface area (Å²) >= 11 is 0. The van der Waals surface area contributed by atoms with Gasteiger partial charge in [0.2, 0.25) is 5.95 Å². The van der Waals surface area contributed by atoms with Crippen LogP contribution in [-0.2, 0) is 6.42 Å². The highest BCUT2D eigenvalue weighted by Gasteiger charge is 2.21. The number of aromatic nitrogens is 3. The monoisotopic (exact) mass is 381 g/mol. The van der Waals surface area contributed by atoms with E-state index in [0.29, 0.717) is 0 Å². The largest absolute Gasteiger partial charge is 0.353 e. The van der Waals surface area contributed by atoms with Crippen molar-refractivity contribution in [3.05, 3.63) is 90.4 Å². The van der Waals surface area contributed by atoms with Crippen LogP contribution in [0.2, 0.25) is 0 Å². The van der Waals surface area contributed by atoms with Crippen molar-refractivity contribution in [3.63, 3.8) is 0 Å². The number of rotatable bonds is 4. The predicted molar refractivity (Wildman–Crippen MR) is 117 cm³/mol. The Morgan fingerprint density at radius 3 is 2.14 bits per heavy atom. The van der Waals surface area contributed by atoms with Crippen LogP contribution in [-0.4, -0.2) is 41.1 Å². The highest BCUT2D eigenvalue weighted by atomic mass is 15.3. The molecule has 1 aliphatic rings. The molecule has 0 unspecified atom stereocenters. The zero-order valence-electron chi connectivity index (χ0n) is 16.3. The summed E-state index contributed by atoms with van der Waals surface area (Å²) in [6, 6.07) is 20.9. The molecule has 2 aromatic heterocycles. The van der Waals surface area contributed by atoms with Crippen LogP contribution in [0.4, 0.5) is 11.8 Å². The van der Waals surface area contributed by atoms with Crippen molar-refractivity contribution < 1.29 is 0 Å². The number of hydrogen-bond donors (Lipinski definition) is 0. The molecule has 0 atom stereocenters. The van der Waals surface area contributed by atoms with Gasteiger partial charge in [0.15, 0.2) is 0 Å². The Hall–Kier alpha value is -3.47. The molecule has 0 spiro atoms. The van der Waals surface area contributed by atoms with E-state index in [-0.39, 0.29) is 0 Å². The first-order valence-corrected chi connectivity index (χ1v) is 10.1. The van der Waals surface area contributed by atoms with E-state index in [0.717, 1.165) is 49.9 Å². The minimum absolute atomic E-state index is 0.812. The minimum atomic E-state index is 0.812. The summed E-state index contributed by atoms with van der Waals surface area (Å²) < 4.78 is 0. The molecule has 0 aliphatic carbocycles. The molecule has 0 bridgehead atoms. The van der Waals surface area contributed by atoms with Gasteiger partial charge in [-0.2, -0.15) is 0 Å². The summed E-state index contributed by atoms with van der Waals surface area (Å²) in [6.45, 7) is 3.61. The normalized spacial score (nSPS) is 14.3. The highest BCUT2D eigenvalue weighted by Crippen LogP contribution is 2.25. The quantitative estimate of drug-likeness (QED) is 0.536.